The average molecular weight is 334 g/mol. The molecule has 1 aromatic carbocycles. The predicted octanol–water partition coefficient (Wildman–Crippen LogP) is 1.69. The van der Waals surface area contributed by atoms with Crippen LogP contribution in [0.2, 0.25) is 0 Å². The average Bonchev–Trinajstić information content (AvgIpc) is 2.86. The van der Waals surface area contributed by atoms with Crippen LogP contribution in [0.3, 0.4) is 0 Å². The van der Waals surface area contributed by atoms with E-state index in [4.69, 9.17) is 12.2 Å². The third-order valence-corrected chi connectivity index (χ3v) is 4.57. The Bertz CT molecular complexity index is 721. The van der Waals surface area contributed by atoms with Crippen molar-refractivity contribution >= 4 is 18.1 Å². The summed E-state index contributed by atoms with van der Waals surface area (Å²) in [4.78, 5) is 12.3. The Hall–Kier alpha value is -1.99. The first kappa shape index (κ1) is 17.4. The van der Waals surface area contributed by atoms with Crippen molar-refractivity contribution in [3.8, 4) is 0 Å². The van der Waals surface area contributed by atoms with Crippen LogP contribution in [-0.4, -0.2) is 37.9 Å². The molecule has 0 aliphatic carbocycles. The van der Waals surface area contributed by atoms with Crippen LogP contribution in [0.1, 0.15) is 31.2 Å². The van der Waals surface area contributed by atoms with Crippen molar-refractivity contribution in [3.63, 3.8) is 0 Å². The molecule has 0 radical (unpaired) electrons. The van der Waals surface area contributed by atoms with Gasteiger partial charge < -0.3 is 15.0 Å². The molecule has 0 bridgehead atoms. The molecule has 0 fully saturated rings. The fourth-order valence-corrected chi connectivity index (χ4v) is 2.48. The van der Waals surface area contributed by atoms with Gasteiger partial charge >= 0.3 is 0 Å². The van der Waals surface area contributed by atoms with Gasteiger partial charge in [0.25, 0.3) is 5.91 Å². The second-order valence-electron chi connectivity index (χ2n) is 5.79. The summed E-state index contributed by atoms with van der Waals surface area (Å²) in [6, 6.07) is 9.50. The van der Waals surface area contributed by atoms with E-state index in [1.807, 2.05) is 44.3 Å². The van der Waals surface area contributed by atoms with E-state index >= 15 is 0 Å². The van der Waals surface area contributed by atoms with Crippen LogP contribution < -0.4 is 5.32 Å². The largest absolute Gasteiger partial charge is 0.380 e. The van der Waals surface area contributed by atoms with Gasteiger partial charge in [0.15, 0.2) is 4.77 Å². The number of carbonyl (C=O) groups excluding carboxylic acids is 1. The number of nitrogens with one attached hydrogen (secondary N) is 2. The van der Waals surface area contributed by atoms with Gasteiger partial charge in [0.2, 0.25) is 0 Å². The van der Waals surface area contributed by atoms with Gasteiger partial charge in [0.05, 0.1) is 0 Å². The number of benzene rings is 1. The number of aliphatic hydroxyl groups is 1. The summed E-state index contributed by atoms with van der Waals surface area (Å²) < 4.78 is 2.29. The van der Waals surface area contributed by atoms with Crippen LogP contribution >= 0.6 is 12.2 Å². The zero-order valence-electron chi connectivity index (χ0n) is 13.5. The Morgan fingerprint density at radius 2 is 2.13 bits per heavy atom. The Labute approximate surface area is 140 Å². The van der Waals surface area contributed by atoms with E-state index in [0.717, 1.165) is 11.4 Å². The van der Waals surface area contributed by atoms with Gasteiger partial charge in [0.1, 0.15) is 11.4 Å². The standard InChI is InChI=1S/C16H22N4O2S/c1-11(12-7-5-4-6-8-12)16(2,22)14(21)17-10-9-13-18-19-15(23)20(13)3/h4-8,11,22H,9-10H2,1-3H3,(H,17,21)(H,19,23)/t11-,16-/m1/s1. The zero-order chi connectivity index (χ0) is 17.0. The highest BCUT2D eigenvalue weighted by Gasteiger charge is 2.37. The van der Waals surface area contributed by atoms with Crippen LogP contribution in [0.15, 0.2) is 30.3 Å². The first-order valence-corrected chi connectivity index (χ1v) is 7.90. The Kier molecular flexibility index (Phi) is 5.33. The van der Waals surface area contributed by atoms with Crippen LogP contribution in [0.25, 0.3) is 0 Å². The highest BCUT2D eigenvalue weighted by molar-refractivity contribution is 7.71. The number of hydrogen-bond donors (Lipinski definition) is 3. The lowest BCUT2D eigenvalue weighted by Crippen LogP contribution is -2.48. The van der Waals surface area contributed by atoms with E-state index in [-0.39, 0.29) is 5.92 Å². The molecule has 0 spiro atoms. The minimum Gasteiger partial charge on any atom is -0.380 e. The van der Waals surface area contributed by atoms with Crippen molar-refractivity contribution in [1.29, 1.82) is 0 Å². The fraction of sp³-hybridized carbons (Fsp3) is 0.438. The normalized spacial score (nSPS) is 15.0. The molecule has 1 amide bonds. The maximum atomic E-state index is 12.3. The molecule has 124 valence electrons. The van der Waals surface area contributed by atoms with Crippen molar-refractivity contribution in [2.75, 3.05) is 6.54 Å². The molecule has 2 aromatic rings. The van der Waals surface area contributed by atoms with Gasteiger partial charge in [-0.1, -0.05) is 37.3 Å². The van der Waals surface area contributed by atoms with E-state index in [1.165, 1.54) is 6.92 Å². The molecule has 0 aliphatic heterocycles. The maximum Gasteiger partial charge on any atom is 0.252 e. The minimum absolute atomic E-state index is 0.315. The Morgan fingerprint density at radius 1 is 1.48 bits per heavy atom. The topological polar surface area (TPSA) is 82.9 Å². The molecule has 7 heteroatoms. The molecule has 1 heterocycles. The maximum absolute atomic E-state index is 12.3. The van der Waals surface area contributed by atoms with E-state index in [9.17, 15) is 9.90 Å². The van der Waals surface area contributed by atoms with Gasteiger partial charge in [-0.15, -0.1) is 0 Å². The van der Waals surface area contributed by atoms with Crippen molar-refractivity contribution in [1.82, 2.24) is 20.1 Å². The summed E-state index contributed by atoms with van der Waals surface area (Å²) in [5.74, 6) is 0.0427. The summed E-state index contributed by atoms with van der Waals surface area (Å²) in [6.45, 7) is 3.76. The van der Waals surface area contributed by atoms with Crippen molar-refractivity contribution < 1.29 is 9.90 Å². The quantitative estimate of drug-likeness (QED) is 0.702. The molecule has 2 rings (SSSR count). The fourth-order valence-electron chi connectivity index (χ4n) is 2.33. The first-order valence-electron chi connectivity index (χ1n) is 7.50. The molecule has 0 unspecified atom stereocenters. The summed E-state index contributed by atoms with van der Waals surface area (Å²) >= 11 is 5.04. The van der Waals surface area contributed by atoms with Gasteiger partial charge in [0, 0.05) is 25.9 Å². The third-order valence-electron chi connectivity index (χ3n) is 4.21. The second kappa shape index (κ2) is 7.06. The lowest BCUT2D eigenvalue weighted by Gasteiger charge is -2.29. The van der Waals surface area contributed by atoms with E-state index < -0.39 is 11.5 Å². The number of carbonyl (C=O) groups is 1. The lowest BCUT2D eigenvalue weighted by molar-refractivity contribution is -0.139. The molecule has 6 nitrogen and oxygen atoms in total. The molecule has 2 atom stereocenters. The van der Waals surface area contributed by atoms with Crippen LogP contribution in [0.4, 0.5) is 0 Å². The smallest absolute Gasteiger partial charge is 0.252 e. The first-order chi connectivity index (χ1) is 10.8. The van der Waals surface area contributed by atoms with Crippen LogP contribution in [0, 0.1) is 4.77 Å². The summed E-state index contributed by atoms with van der Waals surface area (Å²) in [5.41, 5.74) is -0.569. The van der Waals surface area contributed by atoms with Gasteiger partial charge in [-0.2, -0.15) is 5.10 Å². The second-order valence-corrected chi connectivity index (χ2v) is 6.18. The SMILES string of the molecule is C[C@H](c1ccccc1)[C@@](C)(O)C(=O)NCCc1n[nH]c(=S)n1C. The van der Waals surface area contributed by atoms with Crippen molar-refractivity contribution in [2.45, 2.75) is 31.8 Å². The molecule has 0 aliphatic rings. The van der Waals surface area contributed by atoms with Gasteiger partial charge in [-0.05, 0) is 24.7 Å². The monoisotopic (exact) mass is 334 g/mol. The third kappa shape index (κ3) is 3.86. The minimum atomic E-state index is -1.49. The highest BCUT2D eigenvalue weighted by Crippen LogP contribution is 2.27. The number of aromatic amines is 1. The number of aromatic nitrogens is 3. The number of amides is 1. The van der Waals surface area contributed by atoms with Crippen LogP contribution in [-0.2, 0) is 18.3 Å². The van der Waals surface area contributed by atoms with E-state index in [2.05, 4.69) is 15.5 Å². The van der Waals surface area contributed by atoms with Gasteiger partial charge in [-0.25, -0.2) is 0 Å². The summed E-state index contributed by atoms with van der Waals surface area (Å²) in [6.07, 6.45) is 0.533. The molecule has 0 saturated carbocycles. The number of H-pyrrole nitrogens is 1. The Morgan fingerprint density at radius 3 is 2.70 bits per heavy atom. The zero-order valence-corrected chi connectivity index (χ0v) is 14.4. The predicted molar refractivity (Wildman–Crippen MR) is 90.6 cm³/mol. The highest BCUT2D eigenvalue weighted by atomic mass is 32.1. The molecule has 1 aromatic heterocycles. The molecular weight excluding hydrogens is 312 g/mol. The van der Waals surface area contributed by atoms with E-state index in [1.54, 1.807) is 4.57 Å². The number of nitrogens with zero attached hydrogens (tertiary/aromatic N) is 2. The number of hydrogen-bond acceptors (Lipinski definition) is 4. The van der Waals surface area contributed by atoms with Crippen molar-refractivity contribution in [3.05, 3.63) is 46.5 Å². The molecule has 3 N–H and O–H groups in total. The van der Waals surface area contributed by atoms with Crippen molar-refractivity contribution in [2.24, 2.45) is 7.05 Å². The summed E-state index contributed by atoms with van der Waals surface area (Å²) in [7, 11) is 1.82. The molecule has 23 heavy (non-hydrogen) atoms. The van der Waals surface area contributed by atoms with Crippen LogP contribution in [0.5, 0.6) is 0 Å². The number of rotatable bonds is 6. The Balaban J connectivity index is 1.96. The molecular formula is C16H22N4O2S. The molecule has 0 saturated heterocycles. The van der Waals surface area contributed by atoms with Gasteiger partial charge in [-0.3, -0.25) is 9.89 Å². The summed E-state index contributed by atoms with van der Waals surface area (Å²) in [5, 5.41) is 20.2. The lowest BCUT2D eigenvalue weighted by atomic mass is 9.84. The van der Waals surface area contributed by atoms with E-state index in [0.29, 0.717) is 17.7 Å².